The Labute approximate surface area is 118 Å². The van der Waals surface area contributed by atoms with E-state index >= 15 is 0 Å². The number of nitrogens with one attached hydrogen (secondary N) is 1. The van der Waals surface area contributed by atoms with E-state index in [4.69, 9.17) is 5.84 Å². The Bertz CT molecular complexity index is 362. The number of nitrogens with two attached hydrogens (primary N) is 1. The lowest BCUT2D eigenvalue weighted by Crippen LogP contribution is -2.32. The molecule has 0 fully saturated rings. The fourth-order valence-corrected chi connectivity index (χ4v) is 2.47. The third-order valence-electron chi connectivity index (χ3n) is 3.90. The van der Waals surface area contributed by atoms with Crippen LogP contribution in [-0.2, 0) is 5.41 Å². The minimum absolute atomic E-state index is 0.206. The molecule has 108 valence electrons. The fraction of sp³-hybridized carbons (Fsp3) is 0.647. The number of hydrazine groups is 1. The maximum absolute atomic E-state index is 5.75. The largest absolute Gasteiger partial charge is 0.271 e. The number of unbranched alkanes of at least 4 members (excludes halogenated alkanes) is 1. The normalized spacial score (nSPS) is 15.3. The molecule has 2 nitrogen and oxygen atoms in total. The molecule has 0 saturated heterocycles. The molecule has 1 aromatic carbocycles. The van der Waals surface area contributed by atoms with Gasteiger partial charge in [-0.25, -0.2) is 0 Å². The Hall–Kier alpha value is -0.860. The van der Waals surface area contributed by atoms with Gasteiger partial charge >= 0.3 is 0 Å². The summed E-state index contributed by atoms with van der Waals surface area (Å²) in [4.78, 5) is 0. The Kier molecular flexibility index (Phi) is 6.02. The average Bonchev–Trinajstić information content (AvgIpc) is 2.37. The quantitative estimate of drug-likeness (QED) is 0.592. The van der Waals surface area contributed by atoms with Crippen LogP contribution in [0, 0.1) is 5.92 Å². The van der Waals surface area contributed by atoms with Crippen LogP contribution in [0.15, 0.2) is 24.3 Å². The second kappa shape index (κ2) is 7.06. The zero-order chi connectivity index (χ0) is 14.5. The first-order chi connectivity index (χ1) is 8.90. The van der Waals surface area contributed by atoms with Gasteiger partial charge in [0.15, 0.2) is 0 Å². The third kappa shape index (κ3) is 4.63. The van der Waals surface area contributed by atoms with Gasteiger partial charge in [-0.2, -0.15) is 0 Å². The molecule has 0 aliphatic carbocycles. The highest BCUT2D eigenvalue weighted by atomic mass is 15.2. The summed E-state index contributed by atoms with van der Waals surface area (Å²) in [6.07, 6.45) is 3.72. The molecule has 1 rings (SSSR count). The van der Waals surface area contributed by atoms with Crippen molar-refractivity contribution in [3.63, 3.8) is 0 Å². The van der Waals surface area contributed by atoms with Gasteiger partial charge in [-0.1, -0.05) is 71.7 Å². The van der Waals surface area contributed by atoms with E-state index in [-0.39, 0.29) is 11.5 Å². The van der Waals surface area contributed by atoms with E-state index in [1.165, 1.54) is 30.4 Å². The molecular formula is C17H30N2. The lowest BCUT2D eigenvalue weighted by Gasteiger charge is -2.25. The van der Waals surface area contributed by atoms with Crippen LogP contribution in [0.25, 0.3) is 0 Å². The highest BCUT2D eigenvalue weighted by Gasteiger charge is 2.19. The first-order valence-corrected chi connectivity index (χ1v) is 7.46. The van der Waals surface area contributed by atoms with Crippen molar-refractivity contribution in [1.82, 2.24) is 5.43 Å². The standard InChI is InChI=1S/C17H30N2/c1-6-7-8-13(2)16(19-18)14-9-11-15(12-10-14)17(3,4)5/h9-13,16,19H,6-8,18H2,1-5H3. The van der Waals surface area contributed by atoms with Crippen LogP contribution < -0.4 is 11.3 Å². The van der Waals surface area contributed by atoms with Gasteiger partial charge in [0.25, 0.3) is 0 Å². The summed E-state index contributed by atoms with van der Waals surface area (Å²) >= 11 is 0. The molecule has 19 heavy (non-hydrogen) atoms. The molecule has 0 saturated carbocycles. The van der Waals surface area contributed by atoms with Crippen LogP contribution in [0.5, 0.6) is 0 Å². The highest BCUT2D eigenvalue weighted by Crippen LogP contribution is 2.28. The predicted octanol–water partition coefficient (Wildman–Crippen LogP) is 4.31. The number of hydrogen-bond donors (Lipinski definition) is 2. The molecule has 0 aromatic heterocycles. The zero-order valence-corrected chi connectivity index (χ0v) is 13.2. The second-order valence-electron chi connectivity index (χ2n) is 6.64. The van der Waals surface area contributed by atoms with Gasteiger partial charge in [-0.3, -0.25) is 11.3 Å². The number of rotatable bonds is 6. The summed E-state index contributed by atoms with van der Waals surface area (Å²) in [6, 6.07) is 9.14. The molecular weight excluding hydrogens is 232 g/mol. The van der Waals surface area contributed by atoms with Gasteiger partial charge in [-0.15, -0.1) is 0 Å². The minimum Gasteiger partial charge on any atom is -0.271 e. The monoisotopic (exact) mass is 262 g/mol. The van der Waals surface area contributed by atoms with E-state index in [9.17, 15) is 0 Å². The van der Waals surface area contributed by atoms with E-state index in [0.29, 0.717) is 5.92 Å². The highest BCUT2D eigenvalue weighted by molar-refractivity contribution is 5.29. The van der Waals surface area contributed by atoms with Crippen molar-refractivity contribution in [3.05, 3.63) is 35.4 Å². The maximum atomic E-state index is 5.75. The van der Waals surface area contributed by atoms with E-state index < -0.39 is 0 Å². The van der Waals surface area contributed by atoms with E-state index in [0.717, 1.165) is 0 Å². The zero-order valence-electron chi connectivity index (χ0n) is 13.2. The van der Waals surface area contributed by atoms with Gasteiger partial charge < -0.3 is 0 Å². The Morgan fingerprint density at radius 1 is 1.16 bits per heavy atom. The van der Waals surface area contributed by atoms with E-state index in [2.05, 4.69) is 64.3 Å². The topological polar surface area (TPSA) is 38.0 Å². The molecule has 3 N–H and O–H groups in total. The van der Waals surface area contributed by atoms with E-state index in [1.807, 2.05) is 0 Å². The first kappa shape index (κ1) is 16.2. The van der Waals surface area contributed by atoms with Gasteiger partial charge in [0.05, 0.1) is 0 Å². The van der Waals surface area contributed by atoms with Crippen molar-refractivity contribution < 1.29 is 0 Å². The third-order valence-corrected chi connectivity index (χ3v) is 3.90. The van der Waals surface area contributed by atoms with Crippen LogP contribution in [-0.4, -0.2) is 0 Å². The van der Waals surface area contributed by atoms with Crippen molar-refractivity contribution in [3.8, 4) is 0 Å². The molecule has 0 amide bonds. The molecule has 1 aromatic rings. The summed E-state index contributed by atoms with van der Waals surface area (Å²) in [6.45, 7) is 11.2. The predicted molar refractivity (Wildman–Crippen MR) is 83.9 cm³/mol. The minimum atomic E-state index is 0.206. The number of benzene rings is 1. The summed E-state index contributed by atoms with van der Waals surface area (Å²) in [5, 5.41) is 0. The molecule has 0 spiro atoms. The van der Waals surface area contributed by atoms with Crippen molar-refractivity contribution >= 4 is 0 Å². The lowest BCUT2D eigenvalue weighted by molar-refractivity contribution is 0.362. The summed E-state index contributed by atoms with van der Waals surface area (Å²) in [5.41, 5.74) is 5.85. The van der Waals surface area contributed by atoms with Crippen molar-refractivity contribution in [2.24, 2.45) is 11.8 Å². The Balaban J connectivity index is 2.82. The fourth-order valence-electron chi connectivity index (χ4n) is 2.47. The average molecular weight is 262 g/mol. The Morgan fingerprint density at radius 2 is 1.74 bits per heavy atom. The molecule has 0 radical (unpaired) electrons. The SMILES string of the molecule is CCCCC(C)C(NN)c1ccc(C(C)(C)C)cc1. The second-order valence-corrected chi connectivity index (χ2v) is 6.64. The van der Waals surface area contributed by atoms with Crippen LogP contribution in [0.2, 0.25) is 0 Å². The molecule has 0 bridgehead atoms. The van der Waals surface area contributed by atoms with E-state index in [1.54, 1.807) is 0 Å². The molecule has 2 heteroatoms. The van der Waals surface area contributed by atoms with Crippen LogP contribution in [0.1, 0.15) is 71.0 Å². The van der Waals surface area contributed by atoms with Gasteiger partial charge in [0.2, 0.25) is 0 Å². The van der Waals surface area contributed by atoms with Crippen molar-refractivity contribution in [1.29, 1.82) is 0 Å². The smallest absolute Gasteiger partial charge is 0.0485 e. The molecule has 0 aliphatic heterocycles. The van der Waals surface area contributed by atoms with Gasteiger partial charge in [0.1, 0.15) is 0 Å². The van der Waals surface area contributed by atoms with Crippen molar-refractivity contribution in [2.45, 2.75) is 65.3 Å². The van der Waals surface area contributed by atoms with Crippen LogP contribution >= 0.6 is 0 Å². The van der Waals surface area contributed by atoms with Gasteiger partial charge in [-0.05, 0) is 28.9 Å². The molecule has 0 heterocycles. The molecule has 2 unspecified atom stereocenters. The Morgan fingerprint density at radius 3 is 2.16 bits per heavy atom. The van der Waals surface area contributed by atoms with Crippen LogP contribution in [0.3, 0.4) is 0 Å². The summed E-state index contributed by atoms with van der Waals surface area (Å²) in [5.74, 6) is 6.31. The lowest BCUT2D eigenvalue weighted by atomic mass is 9.84. The van der Waals surface area contributed by atoms with Crippen LogP contribution in [0.4, 0.5) is 0 Å². The first-order valence-electron chi connectivity index (χ1n) is 7.46. The maximum Gasteiger partial charge on any atom is 0.0485 e. The van der Waals surface area contributed by atoms with Crippen molar-refractivity contribution in [2.75, 3.05) is 0 Å². The number of hydrogen-bond acceptors (Lipinski definition) is 2. The molecule has 2 atom stereocenters. The van der Waals surface area contributed by atoms with Gasteiger partial charge in [0, 0.05) is 6.04 Å². The molecule has 0 aliphatic rings. The summed E-state index contributed by atoms with van der Waals surface area (Å²) in [7, 11) is 0. The summed E-state index contributed by atoms with van der Waals surface area (Å²) < 4.78 is 0.